The van der Waals surface area contributed by atoms with E-state index in [0.717, 1.165) is 30.1 Å². The highest BCUT2D eigenvalue weighted by Gasteiger charge is 2.02. The maximum Gasteiger partial charge on any atom is 0.130 e. The zero-order valence-corrected chi connectivity index (χ0v) is 11.5. The van der Waals surface area contributed by atoms with Crippen molar-refractivity contribution in [2.75, 3.05) is 11.9 Å². The topological polar surface area (TPSA) is 34.2 Å². The maximum absolute atomic E-state index is 5.86. The van der Waals surface area contributed by atoms with Gasteiger partial charge in [-0.3, -0.25) is 4.98 Å². The van der Waals surface area contributed by atoms with E-state index in [1.54, 1.807) is 0 Å². The second kappa shape index (κ2) is 6.78. The smallest absolute Gasteiger partial charge is 0.130 e. The van der Waals surface area contributed by atoms with Crippen LogP contribution < -0.4 is 10.1 Å². The highest BCUT2D eigenvalue weighted by Crippen LogP contribution is 2.19. The minimum Gasteiger partial charge on any atom is -0.487 e. The van der Waals surface area contributed by atoms with Gasteiger partial charge in [-0.2, -0.15) is 0 Å². The van der Waals surface area contributed by atoms with Gasteiger partial charge in [0.25, 0.3) is 0 Å². The minimum absolute atomic E-state index is 0.496. The molecule has 0 fully saturated rings. The molecule has 0 aliphatic heterocycles. The SMILES string of the molecule is CCNc1ccnc(COc2ccccc2CC)c1. The number of nitrogens with zero attached hydrogens (tertiary/aromatic N) is 1. The Morgan fingerprint density at radius 2 is 2.00 bits per heavy atom. The quantitative estimate of drug-likeness (QED) is 0.856. The van der Waals surface area contributed by atoms with E-state index in [-0.39, 0.29) is 0 Å². The Labute approximate surface area is 114 Å². The largest absolute Gasteiger partial charge is 0.487 e. The predicted molar refractivity (Wildman–Crippen MR) is 78.6 cm³/mol. The molecule has 0 amide bonds. The molecule has 0 aliphatic rings. The molecule has 1 N–H and O–H groups in total. The van der Waals surface area contributed by atoms with Crippen LogP contribution in [0.25, 0.3) is 0 Å². The molecule has 0 radical (unpaired) electrons. The molecule has 100 valence electrons. The number of nitrogens with one attached hydrogen (secondary N) is 1. The van der Waals surface area contributed by atoms with Crippen molar-refractivity contribution in [2.24, 2.45) is 0 Å². The molecule has 1 heterocycles. The van der Waals surface area contributed by atoms with Gasteiger partial charge in [0.15, 0.2) is 0 Å². The van der Waals surface area contributed by atoms with Crippen LogP contribution in [0, 0.1) is 0 Å². The molecule has 19 heavy (non-hydrogen) atoms. The van der Waals surface area contributed by atoms with Crippen molar-refractivity contribution in [3.05, 3.63) is 53.9 Å². The highest BCUT2D eigenvalue weighted by atomic mass is 16.5. The first-order valence-electron chi connectivity index (χ1n) is 6.73. The van der Waals surface area contributed by atoms with Crippen molar-refractivity contribution in [1.82, 2.24) is 4.98 Å². The average molecular weight is 256 g/mol. The van der Waals surface area contributed by atoms with Crippen molar-refractivity contribution in [2.45, 2.75) is 26.9 Å². The lowest BCUT2D eigenvalue weighted by molar-refractivity contribution is 0.298. The number of rotatable bonds is 6. The average Bonchev–Trinajstić information content (AvgIpc) is 2.46. The van der Waals surface area contributed by atoms with Gasteiger partial charge in [-0.25, -0.2) is 0 Å². The molecule has 3 heteroatoms. The molecular weight excluding hydrogens is 236 g/mol. The van der Waals surface area contributed by atoms with Crippen LogP contribution in [0.3, 0.4) is 0 Å². The fourth-order valence-corrected chi connectivity index (χ4v) is 1.96. The van der Waals surface area contributed by atoms with Gasteiger partial charge in [-0.15, -0.1) is 0 Å². The Morgan fingerprint density at radius 3 is 2.79 bits per heavy atom. The van der Waals surface area contributed by atoms with Gasteiger partial charge in [0.1, 0.15) is 12.4 Å². The number of hydrogen-bond acceptors (Lipinski definition) is 3. The zero-order valence-electron chi connectivity index (χ0n) is 11.5. The van der Waals surface area contributed by atoms with Crippen LogP contribution in [0.4, 0.5) is 5.69 Å². The summed E-state index contributed by atoms with van der Waals surface area (Å²) in [4.78, 5) is 4.33. The molecular formula is C16H20N2O. The summed E-state index contributed by atoms with van der Waals surface area (Å²) in [6.07, 6.45) is 2.78. The number of aromatic nitrogens is 1. The van der Waals surface area contributed by atoms with Crippen molar-refractivity contribution >= 4 is 5.69 Å². The maximum atomic E-state index is 5.86. The molecule has 2 aromatic rings. The third kappa shape index (κ3) is 3.71. The summed E-state index contributed by atoms with van der Waals surface area (Å²) in [5, 5.41) is 3.27. The first-order valence-corrected chi connectivity index (χ1v) is 6.73. The number of anilines is 1. The van der Waals surface area contributed by atoms with Crippen molar-refractivity contribution in [3.63, 3.8) is 0 Å². The molecule has 0 bridgehead atoms. The normalized spacial score (nSPS) is 10.2. The summed E-state index contributed by atoms with van der Waals surface area (Å²) < 4.78 is 5.86. The van der Waals surface area contributed by atoms with E-state index in [4.69, 9.17) is 4.74 Å². The molecule has 0 saturated carbocycles. The molecule has 1 aromatic carbocycles. The predicted octanol–water partition coefficient (Wildman–Crippen LogP) is 3.65. The lowest BCUT2D eigenvalue weighted by Gasteiger charge is -2.10. The number of benzene rings is 1. The fraction of sp³-hybridized carbons (Fsp3) is 0.312. The van der Waals surface area contributed by atoms with E-state index in [9.17, 15) is 0 Å². The van der Waals surface area contributed by atoms with Gasteiger partial charge in [0.2, 0.25) is 0 Å². The first-order chi connectivity index (χ1) is 9.33. The second-order valence-electron chi connectivity index (χ2n) is 4.32. The van der Waals surface area contributed by atoms with Crippen LogP contribution in [0.2, 0.25) is 0 Å². The molecule has 3 nitrogen and oxygen atoms in total. The molecule has 0 atom stereocenters. The third-order valence-electron chi connectivity index (χ3n) is 2.93. The Hall–Kier alpha value is -2.03. The summed E-state index contributed by atoms with van der Waals surface area (Å²) in [6.45, 7) is 5.61. The van der Waals surface area contributed by atoms with E-state index in [0.29, 0.717) is 6.61 Å². The van der Waals surface area contributed by atoms with Crippen LogP contribution in [-0.2, 0) is 13.0 Å². The van der Waals surface area contributed by atoms with Crippen LogP contribution in [0.15, 0.2) is 42.6 Å². The number of pyridine rings is 1. The molecule has 0 aliphatic carbocycles. The molecule has 2 rings (SSSR count). The number of para-hydroxylation sites is 1. The van der Waals surface area contributed by atoms with Crippen molar-refractivity contribution in [3.8, 4) is 5.75 Å². The van der Waals surface area contributed by atoms with E-state index < -0.39 is 0 Å². The van der Waals surface area contributed by atoms with Crippen LogP contribution in [0.5, 0.6) is 5.75 Å². The lowest BCUT2D eigenvalue weighted by atomic mass is 10.1. The second-order valence-corrected chi connectivity index (χ2v) is 4.32. The summed E-state index contributed by atoms with van der Waals surface area (Å²) >= 11 is 0. The molecule has 0 saturated heterocycles. The molecule has 0 unspecified atom stereocenters. The fourth-order valence-electron chi connectivity index (χ4n) is 1.96. The number of ether oxygens (including phenoxy) is 1. The summed E-state index contributed by atoms with van der Waals surface area (Å²) in [5.41, 5.74) is 3.24. The minimum atomic E-state index is 0.496. The van der Waals surface area contributed by atoms with Crippen LogP contribution in [-0.4, -0.2) is 11.5 Å². The van der Waals surface area contributed by atoms with Gasteiger partial charge in [0, 0.05) is 18.4 Å². The van der Waals surface area contributed by atoms with Crippen LogP contribution >= 0.6 is 0 Å². The van der Waals surface area contributed by atoms with Gasteiger partial charge in [0.05, 0.1) is 5.69 Å². The van der Waals surface area contributed by atoms with Gasteiger partial charge in [-0.1, -0.05) is 25.1 Å². The standard InChI is InChI=1S/C16H20N2O/c1-3-13-7-5-6-8-16(13)19-12-15-11-14(17-4-2)9-10-18-15/h5-11H,3-4,12H2,1-2H3,(H,17,18). The van der Waals surface area contributed by atoms with Gasteiger partial charge >= 0.3 is 0 Å². The molecule has 0 spiro atoms. The number of hydrogen-bond donors (Lipinski definition) is 1. The summed E-state index contributed by atoms with van der Waals surface area (Å²) in [5.74, 6) is 0.945. The van der Waals surface area contributed by atoms with Crippen molar-refractivity contribution < 1.29 is 4.74 Å². The van der Waals surface area contributed by atoms with E-state index >= 15 is 0 Å². The Balaban J connectivity index is 2.03. The molecule has 1 aromatic heterocycles. The van der Waals surface area contributed by atoms with E-state index in [1.807, 2.05) is 36.5 Å². The first kappa shape index (κ1) is 13.4. The summed E-state index contributed by atoms with van der Waals surface area (Å²) in [7, 11) is 0. The zero-order chi connectivity index (χ0) is 13.5. The van der Waals surface area contributed by atoms with Gasteiger partial charge < -0.3 is 10.1 Å². The number of aryl methyl sites for hydroxylation is 1. The van der Waals surface area contributed by atoms with Crippen LogP contribution in [0.1, 0.15) is 25.1 Å². The monoisotopic (exact) mass is 256 g/mol. The van der Waals surface area contributed by atoms with Gasteiger partial charge in [-0.05, 0) is 37.1 Å². The Bertz CT molecular complexity index is 526. The van der Waals surface area contributed by atoms with Crippen molar-refractivity contribution in [1.29, 1.82) is 0 Å². The van der Waals surface area contributed by atoms with E-state index in [2.05, 4.69) is 30.2 Å². The third-order valence-corrected chi connectivity index (χ3v) is 2.93. The Morgan fingerprint density at radius 1 is 1.16 bits per heavy atom. The lowest BCUT2D eigenvalue weighted by Crippen LogP contribution is -2.02. The summed E-state index contributed by atoms with van der Waals surface area (Å²) in [6, 6.07) is 12.1. The highest BCUT2D eigenvalue weighted by molar-refractivity contribution is 5.43. The van der Waals surface area contributed by atoms with E-state index in [1.165, 1.54) is 5.56 Å². The Kier molecular flexibility index (Phi) is 4.78.